The van der Waals surface area contributed by atoms with E-state index in [0.29, 0.717) is 11.3 Å². The summed E-state index contributed by atoms with van der Waals surface area (Å²) in [6.07, 6.45) is 0. The Morgan fingerprint density at radius 2 is 1.82 bits per heavy atom. The molecule has 22 heavy (non-hydrogen) atoms. The Morgan fingerprint density at radius 1 is 1.14 bits per heavy atom. The van der Waals surface area contributed by atoms with Gasteiger partial charge in [0.2, 0.25) is 0 Å². The molecule has 2 aromatic rings. The maximum atomic E-state index is 11.6. The Hall–Kier alpha value is -2.41. The molecule has 0 N–H and O–H groups in total. The molecule has 0 saturated carbocycles. The molecule has 0 saturated heterocycles. The molecule has 0 unspecified atom stereocenters. The van der Waals surface area contributed by atoms with E-state index < -0.39 is 10.9 Å². The number of halogens is 1. The normalized spacial score (nSPS) is 10.0. The number of esters is 1. The first-order chi connectivity index (χ1) is 10.6. The molecule has 0 aromatic heterocycles. The highest BCUT2D eigenvalue weighted by Gasteiger charge is 2.14. The third kappa shape index (κ3) is 4.56. The fourth-order valence-electron chi connectivity index (χ4n) is 1.68. The van der Waals surface area contributed by atoms with Gasteiger partial charge in [-0.3, -0.25) is 10.1 Å². The zero-order chi connectivity index (χ0) is 15.9. The van der Waals surface area contributed by atoms with Gasteiger partial charge in [-0.05, 0) is 30.3 Å². The molecule has 7 heteroatoms. The van der Waals surface area contributed by atoms with Crippen LogP contribution in [0.25, 0.3) is 0 Å². The Balaban J connectivity index is 1.85. The first-order valence-corrected chi connectivity index (χ1v) is 7.12. The van der Waals surface area contributed by atoms with E-state index in [4.69, 9.17) is 9.47 Å². The molecule has 6 nitrogen and oxygen atoms in total. The van der Waals surface area contributed by atoms with Crippen LogP contribution in [0, 0.1) is 10.1 Å². The van der Waals surface area contributed by atoms with Gasteiger partial charge in [0.05, 0.1) is 10.5 Å². The molecule has 0 fully saturated rings. The summed E-state index contributed by atoms with van der Waals surface area (Å²) in [5.74, 6) is -0.0630. The lowest BCUT2D eigenvalue weighted by atomic mass is 10.2. The third-order valence-electron chi connectivity index (χ3n) is 2.75. The van der Waals surface area contributed by atoms with Gasteiger partial charge in [-0.1, -0.05) is 28.1 Å². The predicted molar refractivity (Wildman–Crippen MR) is 82.5 cm³/mol. The highest BCUT2D eigenvalue weighted by Crippen LogP contribution is 2.19. The minimum atomic E-state index is -0.596. The summed E-state index contributed by atoms with van der Waals surface area (Å²) in [5, 5.41) is 10.8. The van der Waals surface area contributed by atoms with Crippen LogP contribution in [-0.4, -0.2) is 17.5 Å². The second-order valence-electron chi connectivity index (χ2n) is 4.29. The number of nitro groups is 1. The number of para-hydroxylation sites is 1. The van der Waals surface area contributed by atoms with Gasteiger partial charge in [-0.2, -0.15) is 0 Å². The van der Waals surface area contributed by atoms with E-state index in [0.717, 1.165) is 4.47 Å². The van der Waals surface area contributed by atoms with E-state index in [1.807, 2.05) is 0 Å². The summed E-state index contributed by atoms with van der Waals surface area (Å²) in [7, 11) is 0. The topological polar surface area (TPSA) is 78.7 Å². The predicted octanol–water partition coefficient (Wildman–Crippen LogP) is 3.48. The van der Waals surface area contributed by atoms with Crippen LogP contribution >= 0.6 is 15.9 Å². The number of hydrogen-bond donors (Lipinski definition) is 0. The van der Waals surface area contributed by atoms with Crippen molar-refractivity contribution < 1.29 is 19.2 Å². The van der Waals surface area contributed by atoms with Crippen molar-refractivity contribution in [1.29, 1.82) is 0 Å². The largest absolute Gasteiger partial charge is 0.482 e. The lowest BCUT2D eigenvalue weighted by Gasteiger charge is -2.07. The number of rotatable bonds is 6. The van der Waals surface area contributed by atoms with E-state index in [1.54, 1.807) is 42.5 Å². The summed E-state index contributed by atoms with van der Waals surface area (Å²) in [6, 6.07) is 13.1. The van der Waals surface area contributed by atoms with Crippen LogP contribution in [-0.2, 0) is 16.1 Å². The first-order valence-electron chi connectivity index (χ1n) is 6.32. The standard InChI is InChI=1S/C15H12BrNO5/c16-12-5-7-13(8-6-12)21-10-15(18)22-9-11-3-1-2-4-14(11)17(19)20/h1-8H,9-10H2. The molecule has 0 aliphatic rings. The van der Waals surface area contributed by atoms with Crippen molar-refractivity contribution in [2.45, 2.75) is 6.61 Å². The second-order valence-corrected chi connectivity index (χ2v) is 5.20. The minimum absolute atomic E-state index is 0.0795. The zero-order valence-corrected chi connectivity index (χ0v) is 13.0. The summed E-state index contributed by atoms with van der Waals surface area (Å²) < 4.78 is 11.1. The van der Waals surface area contributed by atoms with Crippen LogP contribution in [0.15, 0.2) is 53.0 Å². The van der Waals surface area contributed by atoms with Gasteiger partial charge < -0.3 is 9.47 Å². The lowest BCUT2D eigenvalue weighted by Crippen LogP contribution is -2.15. The molecule has 0 aliphatic carbocycles. The molecule has 114 valence electrons. The summed E-state index contributed by atoms with van der Waals surface area (Å²) in [6.45, 7) is -0.429. The van der Waals surface area contributed by atoms with Crippen LogP contribution in [0.1, 0.15) is 5.56 Å². The number of carbonyl (C=O) groups is 1. The maximum absolute atomic E-state index is 11.6. The average molecular weight is 366 g/mol. The molecule has 2 aromatic carbocycles. The average Bonchev–Trinajstić information content (AvgIpc) is 2.52. The molecular weight excluding hydrogens is 354 g/mol. The lowest BCUT2D eigenvalue weighted by molar-refractivity contribution is -0.385. The zero-order valence-electron chi connectivity index (χ0n) is 11.4. The van der Waals surface area contributed by atoms with Gasteiger partial charge >= 0.3 is 5.97 Å². The van der Waals surface area contributed by atoms with Gasteiger partial charge in [0.15, 0.2) is 6.61 Å². The number of nitrogens with zero attached hydrogens (tertiary/aromatic N) is 1. The first kappa shape index (κ1) is 16.0. The molecule has 2 rings (SSSR count). The van der Waals surface area contributed by atoms with Gasteiger partial charge in [-0.25, -0.2) is 4.79 Å². The third-order valence-corrected chi connectivity index (χ3v) is 3.28. The van der Waals surface area contributed by atoms with Crippen molar-refractivity contribution in [2.24, 2.45) is 0 Å². The molecule has 0 bridgehead atoms. The number of benzene rings is 2. The minimum Gasteiger partial charge on any atom is -0.482 e. The van der Waals surface area contributed by atoms with Crippen molar-refractivity contribution >= 4 is 27.6 Å². The smallest absolute Gasteiger partial charge is 0.344 e. The molecule has 0 aliphatic heterocycles. The van der Waals surface area contributed by atoms with E-state index in [9.17, 15) is 14.9 Å². The highest BCUT2D eigenvalue weighted by molar-refractivity contribution is 9.10. The van der Waals surface area contributed by atoms with E-state index in [-0.39, 0.29) is 18.9 Å². The van der Waals surface area contributed by atoms with E-state index >= 15 is 0 Å². The quantitative estimate of drug-likeness (QED) is 0.444. The molecule has 0 atom stereocenters. The fraction of sp³-hybridized carbons (Fsp3) is 0.133. The van der Waals surface area contributed by atoms with Gasteiger partial charge in [0.25, 0.3) is 5.69 Å². The highest BCUT2D eigenvalue weighted by atomic mass is 79.9. The van der Waals surface area contributed by atoms with E-state index in [1.165, 1.54) is 6.07 Å². The summed E-state index contributed by atoms with van der Waals surface area (Å²) >= 11 is 3.29. The van der Waals surface area contributed by atoms with Crippen molar-refractivity contribution in [2.75, 3.05) is 6.61 Å². The van der Waals surface area contributed by atoms with Crippen LogP contribution < -0.4 is 4.74 Å². The SMILES string of the molecule is O=C(COc1ccc(Br)cc1)OCc1ccccc1[N+](=O)[O-]. The molecule has 0 amide bonds. The van der Waals surface area contributed by atoms with Gasteiger partial charge in [0.1, 0.15) is 12.4 Å². The van der Waals surface area contributed by atoms with Gasteiger partial charge in [-0.15, -0.1) is 0 Å². The Labute approximate surface area is 134 Å². The molecular formula is C15H12BrNO5. The monoisotopic (exact) mass is 365 g/mol. The van der Waals surface area contributed by atoms with Crippen LogP contribution in [0.5, 0.6) is 5.75 Å². The van der Waals surface area contributed by atoms with Crippen molar-refractivity contribution in [1.82, 2.24) is 0 Å². The summed E-state index contributed by atoms with van der Waals surface area (Å²) in [5.41, 5.74) is 0.258. The van der Waals surface area contributed by atoms with Gasteiger partial charge in [0, 0.05) is 10.5 Å². The molecule has 0 spiro atoms. The van der Waals surface area contributed by atoms with Crippen LogP contribution in [0.2, 0.25) is 0 Å². The van der Waals surface area contributed by atoms with E-state index in [2.05, 4.69) is 15.9 Å². The Kier molecular flexibility index (Phi) is 5.48. The van der Waals surface area contributed by atoms with Crippen LogP contribution in [0.3, 0.4) is 0 Å². The molecule has 0 heterocycles. The number of ether oxygens (including phenoxy) is 2. The Bertz CT molecular complexity index is 672. The van der Waals surface area contributed by atoms with Crippen molar-refractivity contribution in [3.05, 3.63) is 68.7 Å². The fourth-order valence-corrected chi connectivity index (χ4v) is 1.95. The number of hydrogen-bond acceptors (Lipinski definition) is 5. The number of carbonyl (C=O) groups excluding carboxylic acids is 1. The second kappa shape index (κ2) is 7.56. The summed E-state index contributed by atoms with van der Waals surface area (Å²) in [4.78, 5) is 21.9. The van der Waals surface area contributed by atoms with Crippen molar-refractivity contribution in [3.8, 4) is 5.75 Å². The van der Waals surface area contributed by atoms with Crippen LogP contribution in [0.4, 0.5) is 5.69 Å². The molecule has 0 radical (unpaired) electrons. The van der Waals surface area contributed by atoms with Crippen molar-refractivity contribution in [3.63, 3.8) is 0 Å². The number of nitro benzene ring substituents is 1. The maximum Gasteiger partial charge on any atom is 0.344 e. The Morgan fingerprint density at radius 3 is 2.50 bits per heavy atom.